The summed E-state index contributed by atoms with van der Waals surface area (Å²) in [5.41, 5.74) is 1.15. The van der Waals surface area contributed by atoms with Crippen LogP contribution in [0.1, 0.15) is 46.2 Å². The summed E-state index contributed by atoms with van der Waals surface area (Å²) in [6, 6.07) is 9.16. The molecular formula is C23H21ClFN7O2. The molecule has 0 fully saturated rings. The van der Waals surface area contributed by atoms with Crippen LogP contribution in [0.25, 0.3) is 11.5 Å². The Morgan fingerprint density at radius 1 is 1.12 bits per heavy atom. The van der Waals surface area contributed by atoms with E-state index in [1.54, 1.807) is 24.5 Å². The van der Waals surface area contributed by atoms with Crippen LogP contribution in [-0.4, -0.2) is 41.4 Å². The molecule has 0 aliphatic heterocycles. The van der Waals surface area contributed by atoms with Gasteiger partial charge in [-0.15, -0.1) is 22.6 Å². The molecule has 4 aromatic rings. The first-order valence-electron chi connectivity index (χ1n) is 10.2. The van der Waals surface area contributed by atoms with E-state index in [-0.39, 0.29) is 42.0 Å². The highest BCUT2D eigenvalue weighted by Crippen LogP contribution is 2.21. The molecule has 0 saturated heterocycles. The van der Waals surface area contributed by atoms with Crippen LogP contribution in [0.3, 0.4) is 0 Å². The van der Waals surface area contributed by atoms with Gasteiger partial charge in [0.2, 0.25) is 0 Å². The number of rotatable bonds is 7. The predicted octanol–water partition coefficient (Wildman–Crippen LogP) is 3.95. The molecule has 0 aliphatic rings. The number of aromatic nitrogens is 6. The normalized spacial score (nSPS) is 10.6. The van der Waals surface area contributed by atoms with Crippen molar-refractivity contribution in [1.29, 1.82) is 0 Å². The first kappa shape index (κ1) is 24.6. The van der Waals surface area contributed by atoms with E-state index in [9.17, 15) is 14.0 Å². The van der Waals surface area contributed by atoms with Crippen molar-refractivity contribution in [2.24, 2.45) is 0 Å². The summed E-state index contributed by atoms with van der Waals surface area (Å²) in [5.74, 6) is -0.838. The first-order chi connectivity index (χ1) is 15.9. The van der Waals surface area contributed by atoms with Crippen molar-refractivity contribution in [2.75, 3.05) is 5.32 Å². The molecule has 1 amide bonds. The van der Waals surface area contributed by atoms with Gasteiger partial charge in [-0.3, -0.25) is 9.59 Å². The summed E-state index contributed by atoms with van der Waals surface area (Å²) in [6.07, 6.45) is 5.73. The van der Waals surface area contributed by atoms with E-state index < -0.39 is 11.7 Å². The number of halogens is 2. The number of benzene rings is 1. The molecule has 34 heavy (non-hydrogen) atoms. The van der Waals surface area contributed by atoms with Crippen molar-refractivity contribution in [3.8, 4) is 11.5 Å². The lowest BCUT2D eigenvalue weighted by molar-refractivity contribution is 0.0987. The number of hydrogen-bond donors (Lipinski definition) is 1. The number of ketones is 1. The van der Waals surface area contributed by atoms with Crippen LogP contribution in [0.5, 0.6) is 0 Å². The van der Waals surface area contributed by atoms with Crippen LogP contribution in [0.4, 0.5) is 10.2 Å². The summed E-state index contributed by atoms with van der Waals surface area (Å²) >= 11 is 0. The fraction of sp³-hybridized carbons (Fsp3) is 0.174. The number of carbonyl (C=O) groups excluding carboxylic acids is 2. The van der Waals surface area contributed by atoms with E-state index in [0.717, 1.165) is 6.07 Å². The van der Waals surface area contributed by atoms with Gasteiger partial charge in [-0.1, -0.05) is 12.1 Å². The van der Waals surface area contributed by atoms with Gasteiger partial charge < -0.3 is 9.88 Å². The highest BCUT2D eigenvalue weighted by atomic mass is 35.5. The average Bonchev–Trinajstić information content (AvgIpc) is 3.31. The fourth-order valence-electron chi connectivity index (χ4n) is 3.20. The number of Topliss-reactive ketones (excluding diaryl/α,β-unsaturated/α-hetero) is 1. The molecule has 4 rings (SSSR count). The standard InChI is InChI=1S/C23H20FN7O2.ClH/c1-14(2)31-13-27-30-22(31)19-4-3-5-21(28-19)29-23(33)17-8-15(6-7-18(17)24)9-20(32)16-10-25-12-26-11-16;/h3-8,10-14H,9H2,1-2H3,(H,28,29,33);1H. The number of amides is 1. The summed E-state index contributed by atoms with van der Waals surface area (Å²) < 4.78 is 16.3. The molecule has 1 aromatic carbocycles. The van der Waals surface area contributed by atoms with Gasteiger partial charge in [-0.25, -0.2) is 19.3 Å². The zero-order valence-corrected chi connectivity index (χ0v) is 19.2. The minimum atomic E-state index is -0.706. The zero-order valence-electron chi connectivity index (χ0n) is 18.3. The van der Waals surface area contributed by atoms with E-state index in [4.69, 9.17) is 0 Å². The number of carbonyl (C=O) groups is 2. The van der Waals surface area contributed by atoms with Gasteiger partial charge in [0.15, 0.2) is 11.6 Å². The largest absolute Gasteiger partial charge is 0.310 e. The fourth-order valence-corrected chi connectivity index (χ4v) is 3.20. The maximum Gasteiger partial charge on any atom is 0.259 e. The highest BCUT2D eigenvalue weighted by Gasteiger charge is 2.17. The van der Waals surface area contributed by atoms with E-state index in [1.165, 1.54) is 30.9 Å². The highest BCUT2D eigenvalue weighted by molar-refractivity contribution is 6.04. The predicted molar refractivity (Wildman–Crippen MR) is 125 cm³/mol. The van der Waals surface area contributed by atoms with Crippen molar-refractivity contribution in [2.45, 2.75) is 26.3 Å². The molecule has 3 aromatic heterocycles. The van der Waals surface area contributed by atoms with Gasteiger partial charge in [0.25, 0.3) is 5.91 Å². The third-order valence-electron chi connectivity index (χ3n) is 4.87. The molecule has 9 nitrogen and oxygen atoms in total. The SMILES string of the molecule is CC(C)n1cnnc1-c1cccc(NC(=O)c2cc(CC(=O)c3cncnc3)ccc2F)n1.Cl. The lowest BCUT2D eigenvalue weighted by atomic mass is 10.0. The molecule has 0 bridgehead atoms. The number of hydrogen-bond acceptors (Lipinski definition) is 7. The van der Waals surface area contributed by atoms with Crippen molar-refractivity contribution < 1.29 is 14.0 Å². The van der Waals surface area contributed by atoms with Crippen LogP contribution < -0.4 is 5.32 Å². The number of nitrogens with one attached hydrogen (secondary N) is 1. The van der Waals surface area contributed by atoms with Gasteiger partial charge in [0.1, 0.15) is 30.0 Å². The second-order valence-electron chi connectivity index (χ2n) is 7.56. The van der Waals surface area contributed by atoms with Crippen molar-refractivity contribution in [1.82, 2.24) is 29.7 Å². The molecule has 0 saturated carbocycles. The molecular weight excluding hydrogens is 461 g/mol. The van der Waals surface area contributed by atoms with Gasteiger partial charge >= 0.3 is 0 Å². The summed E-state index contributed by atoms with van der Waals surface area (Å²) in [4.78, 5) is 37.2. The van der Waals surface area contributed by atoms with E-state index in [1.807, 2.05) is 18.4 Å². The van der Waals surface area contributed by atoms with Gasteiger partial charge in [0, 0.05) is 24.9 Å². The monoisotopic (exact) mass is 481 g/mol. The minimum absolute atomic E-state index is 0. The Balaban J connectivity index is 0.00000324. The molecule has 0 radical (unpaired) electrons. The number of pyridine rings is 1. The lowest BCUT2D eigenvalue weighted by Gasteiger charge is -2.11. The van der Waals surface area contributed by atoms with Gasteiger partial charge in [-0.2, -0.15) is 0 Å². The van der Waals surface area contributed by atoms with Crippen LogP contribution in [0, 0.1) is 5.82 Å². The van der Waals surface area contributed by atoms with E-state index in [0.29, 0.717) is 22.6 Å². The third kappa shape index (κ3) is 5.46. The van der Waals surface area contributed by atoms with E-state index in [2.05, 4.69) is 30.5 Å². The van der Waals surface area contributed by atoms with Gasteiger partial charge in [-0.05, 0) is 43.7 Å². The van der Waals surface area contributed by atoms with Gasteiger partial charge in [0.05, 0.1) is 11.1 Å². The van der Waals surface area contributed by atoms with Crippen LogP contribution >= 0.6 is 12.4 Å². The van der Waals surface area contributed by atoms with Crippen molar-refractivity contribution in [3.05, 3.63) is 84.0 Å². The summed E-state index contributed by atoms with van der Waals surface area (Å²) in [6.45, 7) is 3.98. The zero-order chi connectivity index (χ0) is 23.4. The Bertz CT molecular complexity index is 1310. The molecule has 0 spiro atoms. The van der Waals surface area contributed by atoms with Crippen LogP contribution in [0.15, 0.2) is 61.4 Å². The maximum absolute atomic E-state index is 14.4. The maximum atomic E-state index is 14.4. The topological polar surface area (TPSA) is 116 Å². The van der Waals surface area contributed by atoms with Crippen LogP contribution in [-0.2, 0) is 6.42 Å². The number of anilines is 1. The quantitative estimate of drug-likeness (QED) is 0.397. The third-order valence-corrected chi connectivity index (χ3v) is 4.87. The first-order valence-corrected chi connectivity index (χ1v) is 10.2. The molecule has 0 unspecified atom stereocenters. The smallest absolute Gasteiger partial charge is 0.259 e. The Morgan fingerprint density at radius 3 is 2.62 bits per heavy atom. The Kier molecular flexibility index (Phi) is 7.75. The molecule has 0 atom stereocenters. The number of nitrogens with zero attached hydrogens (tertiary/aromatic N) is 6. The summed E-state index contributed by atoms with van der Waals surface area (Å²) in [5, 5.41) is 10.6. The van der Waals surface area contributed by atoms with E-state index >= 15 is 0 Å². The Hall–Kier alpha value is -4.05. The molecule has 3 heterocycles. The minimum Gasteiger partial charge on any atom is -0.310 e. The second-order valence-corrected chi connectivity index (χ2v) is 7.56. The molecule has 174 valence electrons. The molecule has 11 heteroatoms. The Morgan fingerprint density at radius 2 is 1.88 bits per heavy atom. The summed E-state index contributed by atoms with van der Waals surface area (Å²) in [7, 11) is 0. The Labute approximate surface area is 200 Å². The van der Waals surface area contributed by atoms with Crippen molar-refractivity contribution in [3.63, 3.8) is 0 Å². The van der Waals surface area contributed by atoms with Crippen LogP contribution in [0.2, 0.25) is 0 Å². The average molecular weight is 482 g/mol. The lowest BCUT2D eigenvalue weighted by Crippen LogP contribution is -2.16. The molecule has 0 aliphatic carbocycles. The second kappa shape index (κ2) is 10.7. The molecule has 1 N–H and O–H groups in total. The van der Waals surface area contributed by atoms with Crippen molar-refractivity contribution >= 4 is 29.9 Å².